The molecule has 1 aromatic rings. The van der Waals surface area contributed by atoms with Crippen LogP contribution in [0.2, 0.25) is 0 Å². The summed E-state index contributed by atoms with van der Waals surface area (Å²) in [5.41, 5.74) is 0. The van der Waals surface area contributed by atoms with E-state index in [4.69, 9.17) is 0 Å². The number of aromatic amines is 1. The van der Waals surface area contributed by atoms with Crippen molar-refractivity contribution in [3.63, 3.8) is 0 Å². The van der Waals surface area contributed by atoms with Gasteiger partial charge in [0.2, 0.25) is 6.34 Å². The first-order valence-electron chi connectivity index (χ1n) is 4.96. The van der Waals surface area contributed by atoms with Crippen molar-refractivity contribution in [3.05, 3.63) is 29.7 Å². The Balaban J connectivity index is 0.000000165. The van der Waals surface area contributed by atoms with Crippen LogP contribution in [-0.4, -0.2) is 29.3 Å². The summed E-state index contributed by atoms with van der Waals surface area (Å²) in [6.07, 6.45) is 9.01. The van der Waals surface area contributed by atoms with Crippen molar-refractivity contribution in [2.24, 2.45) is 0 Å². The van der Waals surface area contributed by atoms with Gasteiger partial charge >= 0.3 is 0 Å². The fraction of sp³-hybridized carbons (Fsp3) is 0.500. The Bertz CT molecular complexity index is 210. The number of nitrogens with zero attached hydrogens (tertiary/aromatic N) is 1. The van der Waals surface area contributed by atoms with E-state index in [1.807, 2.05) is 29.4 Å². The summed E-state index contributed by atoms with van der Waals surface area (Å²) in [5.74, 6) is 0. The Morgan fingerprint density at radius 3 is 2.21 bits per heavy atom. The van der Waals surface area contributed by atoms with E-state index in [-0.39, 0.29) is 0 Å². The Morgan fingerprint density at radius 2 is 1.79 bits per heavy atom. The Hall–Kier alpha value is -1.45. The monoisotopic (exact) mass is 195 g/mol. The molecule has 4 nitrogen and oxygen atoms in total. The van der Waals surface area contributed by atoms with Gasteiger partial charge < -0.3 is 10.2 Å². The van der Waals surface area contributed by atoms with Gasteiger partial charge in [0.1, 0.15) is 0 Å². The number of hydrogen-bond donors (Lipinski definition) is 2. The molecule has 0 unspecified atom stereocenters. The van der Waals surface area contributed by atoms with E-state index in [0.29, 0.717) is 0 Å². The first-order chi connectivity index (χ1) is 6.93. The molecule has 2 N–H and O–H groups in total. The number of piperidine rings is 1. The van der Waals surface area contributed by atoms with E-state index in [2.05, 4.69) is 4.98 Å². The van der Waals surface area contributed by atoms with Gasteiger partial charge in [0, 0.05) is 12.4 Å². The molecule has 2 heterocycles. The first-order valence-corrected chi connectivity index (χ1v) is 4.96. The van der Waals surface area contributed by atoms with Gasteiger partial charge in [0.25, 0.3) is 0 Å². The van der Waals surface area contributed by atoms with Crippen LogP contribution in [0.1, 0.15) is 19.3 Å². The number of nitrogens with one attached hydrogen (secondary N) is 2. The number of rotatable bonds is 1. The molecule has 14 heavy (non-hydrogen) atoms. The second kappa shape index (κ2) is 7.00. The van der Waals surface area contributed by atoms with Crippen LogP contribution in [-0.2, 0) is 0 Å². The molecule has 2 rings (SSSR count). The van der Waals surface area contributed by atoms with Crippen LogP contribution in [0.15, 0.2) is 24.5 Å². The zero-order chi connectivity index (χ0) is 10.1. The van der Waals surface area contributed by atoms with Gasteiger partial charge in [-0.25, -0.2) is 0 Å². The lowest BCUT2D eigenvalue weighted by molar-refractivity contribution is -0.374. The molecule has 0 spiro atoms. The molecule has 0 saturated carbocycles. The minimum absolute atomic E-state index is 1.04. The predicted molar refractivity (Wildman–Crippen MR) is 56.6 cm³/mol. The Labute approximate surface area is 84.2 Å². The molecular weight excluding hydrogens is 178 g/mol. The van der Waals surface area contributed by atoms with Gasteiger partial charge in [0.15, 0.2) is 0 Å². The number of aromatic nitrogens is 1. The highest BCUT2D eigenvalue weighted by Gasteiger charge is 2.10. The number of likely N-dealkylation sites (tertiary alicyclic amines) is 1. The van der Waals surface area contributed by atoms with E-state index in [1.165, 1.54) is 25.6 Å². The maximum Gasteiger partial charge on any atom is 0.234 e. The molecule has 0 aliphatic carbocycles. The lowest BCUT2D eigenvalue weighted by Gasteiger charge is -2.17. The average Bonchev–Trinajstić information content (AvgIpc) is 2.78. The van der Waals surface area contributed by atoms with Crippen molar-refractivity contribution >= 4 is 6.34 Å². The van der Waals surface area contributed by atoms with Gasteiger partial charge in [-0.3, -0.25) is 10.1 Å². The van der Waals surface area contributed by atoms with Gasteiger partial charge in [-0.15, -0.1) is 0 Å². The second-order valence-electron chi connectivity index (χ2n) is 3.23. The first kappa shape index (κ1) is 10.6. The summed E-state index contributed by atoms with van der Waals surface area (Å²) in [7, 11) is 0. The summed E-state index contributed by atoms with van der Waals surface area (Å²) in [5, 5.41) is 11.6. The standard InChI is InChI=1S/C6H12N2O.C4H5N/c9-7-6-8-4-2-1-3-5-8;1-2-4-5-3-1/h6-7H,1-5H2;1-5H. The molecule has 1 fully saturated rings. The summed E-state index contributed by atoms with van der Waals surface area (Å²) in [6.45, 7) is 2.07. The van der Waals surface area contributed by atoms with Gasteiger partial charge in [-0.2, -0.15) is 0 Å². The molecule has 0 radical (unpaired) electrons. The largest absolute Gasteiger partial charge is 0.718 e. The zero-order valence-electron chi connectivity index (χ0n) is 8.28. The molecule has 0 atom stereocenters. The third-order valence-electron chi connectivity index (χ3n) is 2.12. The van der Waals surface area contributed by atoms with Crippen LogP contribution < -0.4 is 5.16 Å². The number of H-pyrrole nitrogens is 1. The minimum Gasteiger partial charge on any atom is -0.718 e. The van der Waals surface area contributed by atoms with Crippen LogP contribution in [0.3, 0.4) is 0 Å². The third-order valence-corrected chi connectivity index (χ3v) is 2.12. The summed E-state index contributed by atoms with van der Waals surface area (Å²) in [6, 6.07) is 3.89. The van der Waals surface area contributed by atoms with Gasteiger partial charge in [0.05, 0.1) is 13.1 Å². The predicted octanol–water partition coefficient (Wildman–Crippen LogP) is 0.0937. The maximum atomic E-state index is 9.85. The summed E-state index contributed by atoms with van der Waals surface area (Å²) in [4.78, 5) is 4.89. The van der Waals surface area contributed by atoms with Gasteiger partial charge in [-0.1, -0.05) is 0 Å². The van der Waals surface area contributed by atoms with Crippen molar-refractivity contribution in [1.82, 2.24) is 9.88 Å². The zero-order valence-corrected chi connectivity index (χ0v) is 8.28. The normalized spacial score (nSPS) is 16.4. The Morgan fingerprint density at radius 1 is 1.14 bits per heavy atom. The SMILES string of the molecule is [O-][NH+]=CN1CCCCC1.c1cc[nH]c1. The molecule has 1 aromatic heterocycles. The highest BCUT2D eigenvalue weighted by atomic mass is 16.4. The smallest absolute Gasteiger partial charge is 0.234 e. The van der Waals surface area contributed by atoms with Crippen molar-refractivity contribution in [3.8, 4) is 0 Å². The Kier molecular flexibility index (Phi) is 5.32. The van der Waals surface area contributed by atoms with E-state index in [9.17, 15) is 5.21 Å². The quantitative estimate of drug-likeness (QED) is 0.289. The molecule has 1 aliphatic heterocycles. The van der Waals surface area contributed by atoms with E-state index in [0.717, 1.165) is 13.1 Å². The minimum atomic E-state index is 1.04. The van der Waals surface area contributed by atoms with Crippen LogP contribution in [0, 0.1) is 5.21 Å². The fourth-order valence-electron chi connectivity index (χ4n) is 1.40. The molecule has 78 valence electrons. The average molecular weight is 195 g/mol. The van der Waals surface area contributed by atoms with Crippen LogP contribution in [0.5, 0.6) is 0 Å². The number of hydrogen-bond acceptors (Lipinski definition) is 1. The molecule has 1 aliphatic rings. The van der Waals surface area contributed by atoms with Gasteiger partial charge in [-0.05, 0) is 31.4 Å². The fourth-order valence-corrected chi connectivity index (χ4v) is 1.40. The highest BCUT2D eigenvalue weighted by Crippen LogP contribution is 2.04. The van der Waals surface area contributed by atoms with Crippen molar-refractivity contribution in [1.29, 1.82) is 0 Å². The van der Waals surface area contributed by atoms with E-state index >= 15 is 0 Å². The second-order valence-corrected chi connectivity index (χ2v) is 3.23. The van der Waals surface area contributed by atoms with E-state index in [1.54, 1.807) is 5.16 Å². The molecule has 4 heteroatoms. The third kappa shape index (κ3) is 4.54. The van der Waals surface area contributed by atoms with Crippen LogP contribution in [0.25, 0.3) is 0 Å². The highest BCUT2D eigenvalue weighted by molar-refractivity contribution is 5.47. The topological polar surface area (TPSA) is 56.1 Å². The molecule has 0 amide bonds. The summed E-state index contributed by atoms with van der Waals surface area (Å²) < 4.78 is 0. The lowest BCUT2D eigenvalue weighted by atomic mass is 10.1. The van der Waals surface area contributed by atoms with Crippen molar-refractivity contribution < 1.29 is 5.16 Å². The van der Waals surface area contributed by atoms with Crippen LogP contribution >= 0.6 is 0 Å². The molecule has 0 bridgehead atoms. The molecule has 0 aromatic carbocycles. The lowest BCUT2D eigenvalue weighted by Crippen LogP contribution is -2.64. The maximum absolute atomic E-state index is 9.85. The van der Waals surface area contributed by atoms with Crippen LogP contribution in [0.4, 0.5) is 0 Å². The molecule has 1 saturated heterocycles. The van der Waals surface area contributed by atoms with Crippen molar-refractivity contribution in [2.45, 2.75) is 19.3 Å². The van der Waals surface area contributed by atoms with E-state index < -0.39 is 0 Å². The van der Waals surface area contributed by atoms with Crippen molar-refractivity contribution in [2.75, 3.05) is 13.1 Å². The molecular formula is C10H17N3O. The summed E-state index contributed by atoms with van der Waals surface area (Å²) >= 11 is 0.